The first-order valence-corrected chi connectivity index (χ1v) is 8.45. The van der Waals surface area contributed by atoms with Gasteiger partial charge in [-0.3, -0.25) is 0 Å². The summed E-state index contributed by atoms with van der Waals surface area (Å²) < 4.78 is 16.3. The number of nitrogens with one attached hydrogen (secondary N) is 1. The number of aromatic nitrogens is 2. The number of rotatable bonds is 3. The van der Waals surface area contributed by atoms with Crippen molar-refractivity contribution < 1.29 is 4.55 Å². The van der Waals surface area contributed by atoms with E-state index in [4.69, 9.17) is 0 Å². The van der Waals surface area contributed by atoms with E-state index in [9.17, 15) is 4.55 Å². The van der Waals surface area contributed by atoms with Crippen LogP contribution >= 0.6 is 15.9 Å². The molecule has 0 aromatic carbocycles. The van der Waals surface area contributed by atoms with Gasteiger partial charge in [-0.05, 0) is 49.5 Å². The Bertz CT molecular complexity index is 427. The third kappa shape index (κ3) is 3.48. The molecule has 1 unspecified atom stereocenters. The number of halogens is 1. The molecule has 1 fully saturated rings. The van der Waals surface area contributed by atoms with Gasteiger partial charge in [-0.1, -0.05) is 12.8 Å². The summed E-state index contributed by atoms with van der Waals surface area (Å²) in [6.07, 6.45) is 7.63. The summed E-state index contributed by atoms with van der Waals surface area (Å²) in [5, 5.41) is 0. The summed E-state index contributed by atoms with van der Waals surface area (Å²) in [5.41, 5.74) is -0.334. The zero-order valence-corrected chi connectivity index (χ0v) is 14.0. The van der Waals surface area contributed by atoms with Crippen LogP contribution in [0.4, 0.5) is 0 Å². The summed E-state index contributed by atoms with van der Waals surface area (Å²) in [7, 11) is 0. The van der Waals surface area contributed by atoms with Crippen molar-refractivity contribution in [2.45, 2.75) is 56.7 Å². The fourth-order valence-corrected chi connectivity index (χ4v) is 3.40. The maximum absolute atomic E-state index is 12.4. The summed E-state index contributed by atoms with van der Waals surface area (Å²) >= 11 is 2.23. The Balaban J connectivity index is 2.25. The lowest BCUT2D eigenvalue weighted by Gasteiger charge is -2.33. The maximum atomic E-state index is 12.4. The Morgan fingerprint density at radius 3 is 2.26 bits per heavy atom. The second kappa shape index (κ2) is 5.68. The zero-order valence-electron chi connectivity index (χ0n) is 11.6. The molecule has 0 amide bonds. The number of nitrogens with zero attached hydrogens (tertiary/aromatic N) is 2. The van der Waals surface area contributed by atoms with E-state index in [-0.39, 0.29) is 10.3 Å². The van der Waals surface area contributed by atoms with Gasteiger partial charge in [-0.25, -0.2) is 9.97 Å². The average Bonchev–Trinajstić information content (AvgIpc) is 2.78. The fourth-order valence-electron chi connectivity index (χ4n) is 2.24. The van der Waals surface area contributed by atoms with Gasteiger partial charge in [-0.2, -0.15) is 0 Å². The van der Waals surface area contributed by atoms with Gasteiger partial charge in [-0.15, -0.1) is 4.72 Å². The van der Waals surface area contributed by atoms with E-state index in [0.29, 0.717) is 0 Å². The van der Waals surface area contributed by atoms with Gasteiger partial charge in [0.2, 0.25) is 0 Å². The van der Waals surface area contributed by atoms with Crippen LogP contribution in [0.15, 0.2) is 16.9 Å². The van der Waals surface area contributed by atoms with Crippen LogP contribution in [0.5, 0.6) is 0 Å². The van der Waals surface area contributed by atoms with E-state index in [2.05, 4.69) is 30.6 Å². The molecule has 0 spiro atoms. The third-order valence-electron chi connectivity index (χ3n) is 3.35. The molecular weight excluding hydrogens is 326 g/mol. The minimum atomic E-state index is -1.11. The van der Waals surface area contributed by atoms with E-state index in [1.807, 2.05) is 20.8 Å². The molecule has 19 heavy (non-hydrogen) atoms. The monoisotopic (exact) mass is 345 g/mol. The molecule has 0 bridgehead atoms. The van der Waals surface area contributed by atoms with Crippen molar-refractivity contribution >= 4 is 27.3 Å². The van der Waals surface area contributed by atoms with Crippen molar-refractivity contribution in [3.8, 4) is 0 Å². The topological polar surface area (TPSA) is 60.9 Å². The van der Waals surface area contributed by atoms with Crippen LogP contribution in [0.25, 0.3) is 0 Å². The highest BCUT2D eigenvalue weighted by atomic mass is 79.9. The second-order valence-corrected chi connectivity index (χ2v) is 8.88. The molecule has 1 heterocycles. The normalized spacial score (nSPS) is 20.5. The predicted molar refractivity (Wildman–Crippen MR) is 80.9 cm³/mol. The lowest BCUT2D eigenvalue weighted by atomic mass is 9.98. The zero-order chi connectivity index (χ0) is 14.1. The first-order valence-electron chi connectivity index (χ1n) is 6.51. The first-order chi connectivity index (χ1) is 8.83. The largest absolute Gasteiger partial charge is 0.598 e. The van der Waals surface area contributed by atoms with E-state index in [0.717, 1.165) is 36.0 Å². The van der Waals surface area contributed by atoms with Crippen LogP contribution in [0.1, 0.15) is 52.3 Å². The summed E-state index contributed by atoms with van der Waals surface area (Å²) in [4.78, 5) is 8.83. The summed E-state index contributed by atoms with van der Waals surface area (Å²) in [5.74, 6) is 0.755. The Kier molecular flexibility index (Phi) is 4.55. The van der Waals surface area contributed by atoms with Crippen molar-refractivity contribution in [1.29, 1.82) is 0 Å². The molecule has 4 nitrogen and oxygen atoms in total. The molecule has 1 N–H and O–H groups in total. The molecule has 6 heteroatoms. The molecule has 0 aliphatic heterocycles. The van der Waals surface area contributed by atoms with Crippen LogP contribution in [-0.4, -0.2) is 19.3 Å². The van der Waals surface area contributed by atoms with Gasteiger partial charge >= 0.3 is 0 Å². The van der Waals surface area contributed by atoms with Gasteiger partial charge < -0.3 is 4.55 Å². The molecule has 106 valence electrons. The first kappa shape index (κ1) is 15.2. The molecule has 1 aliphatic carbocycles. The molecule has 1 aromatic heterocycles. The van der Waals surface area contributed by atoms with Crippen molar-refractivity contribution in [1.82, 2.24) is 14.7 Å². The minimum Gasteiger partial charge on any atom is -0.598 e. The highest BCUT2D eigenvalue weighted by Gasteiger charge is 2.44. The van der Waals surface area contributed by atoms with Crippen molar-refractivity contribution in [3.05, 3.63) is 22.7 Å². The van der Waals surface area contributed by atoms with Crippen LogP contribution in [0.2, 0.25) is 0 Å². The fraction of sp³-hybridized carbons (Fsp3) is 0.692. The highest BCUT2D eigenvalue weighted by molar-refractivity contribution is 9.10. The van der Waals surface area contributed by atoms with Crippen molar-refractivity contribution in [2.24, 2.45) is 0 Å². The highest BCUT2D eigenvalue weighted by Crippen LogP contribution is 2.38. The van der Waals surface area contributed by atoms with Gasteiger partial charge in [0.1, 0.15) is 10.3 Å². The quantitative estimate of drug-likeness (QED) is 0.855. The van der Waals surface area contributed by atoms with Crippen LogP contribution in [0, 0.1) is 0 Å². The Labute approximate surface area is 126 Å². The Morgan fingerprint density at radius 1 is 1.26 bits per heavy atom. The summed E-state index contributed by atoms with van der Waals surface area (Å²) in [6, 6.07) is 0. The van der Waals surface area contributed by atoms with Gasteiger partial charge in [0.05, 0.1) is 4.47 Å². The maximum Gasteiger partial charge on any atom is 0.152 e. The molecule has 1 aromatic rings. The molecule has 1 atom stereocenters. The molecule has 1 aliphatic rings. The van der Waals surface area contributed by atoms with E-state index < -0.39 is 11.4 Å². The predicted octanol–water partition coefficient (Wildman–Crippen LogP) is 3.06. The van der Waals surface area contributed by atoms with Gasteiger partial charge in [0.15, 0.2) is 5.82 Å². The molecule has 1 saturated carbocycles. The molecule has 0 radical (unpaired) electrons. The number of hydrogen-bond acceptors (Lipinski definition) is 4. The molecular formula is C13H20BrN3OS. The van der Waals surface area contributed by atoms with Crippen LogP contribution in [0.3, 0.4) is 0 Å². The average molecular weight is 346 g/mol. The van der Waals surface area contributed by atoms with E-state index in [1.165, 1.54) is 0 Å². The SMILES string of the molecule is CC(C)(C)[S+]([O-])NC1(c2ncc(Br)cn2)CCCC1. The Hall–Kier alpha value is -0.170. The number of hydrogen-bond donors (Lipinski definition) is 1. The lowest BCUT2D eigenvalue weighted by molar-refractivity contribution is 0.374. The van der Waals surface area contributed by atoms with E-state index >= 15 is 0 Å². The van der Waals surface area contributed by atoms with Crippen molar-refractivity contribution in [3.63, 3.8) is 0 Å². The van der Waals surface area contributed by atoms with E-state index in [1.54, 1.807) is 12.4 Å². The Morgan fingerprint density at radius 2 is 1.79 bits per heavy atom. The standard InChI is InChI=1S/C13H20BrN3OS/c1-12(2,3)19(18)17-13(6-4-5-7-13)11-15-8-10(14)9-16-11/h8-9,17H,4-7H2,1-3H3. The molecule has 0 saturated heterocycles. The lowest BCUT2D eigenvalue weighted by Crippen LogP contribution is -2.50. The summed E-state index contributed by atoms with van der Waals surface area (Å²) in [6.45, 7) is 5.92. The van der Waals surface area contributed by atoms with Crippen molar-refractivity contribution in [2.75, 3.05) is 0 Å². The second-order valence-electron chi connectivity index (χ2n) is 6.00. The smallest absolute Gasteiger partial charge is 0.152 e. The van der Waals surface area contributed by atoms with Gasteiger partial charge in [0.25, 0.3) is 0 Å². The third-order valence-corrected chi connectivity index (χ3v) is 5.45. The van der Waals surface area contributed by atoms with Crippen LogP contribution < -0.4 is 4.72 Å². The van der Waals surface area contributed by atoms with Crippen LogP contribution in [-0.2, 0) is 16.9 Å². The molecule has 2 rings (SSSR count). The minimum absolute atomic E-state index is 0.287. The van der Waals surface area contributed by atoms with Gasteiger partial charge in [0, 0.05) is 23.8 Å².